The average Bonchev–Trinajstić information content (AvgIpc) is 3.57. The van der Waals surface area contributed by atoms with E-state index in [-0.39, 0.29) is 23.8 Å². The lowest BCUT2D eigenvalue weighted by Crippen LogP contribution is -2.45. The second-order valence-electron chi connectivity index (χ2n) is 11.9. The van der Waals surface area contributed by atoms with Crippen molar-refractivity contribution in [2.75, 3.05) is 11.9 Å². The van der Waals surface area contributed by atoms with Gasteiger partial charge in [0.05, 0.1) is 11.0 Å². The van der Waals surface area contributed by atoms with Gasteiger partial charge in [-0.25, -0.2) is 0 Å². The van der Waals surface area contributed by atoms with Crippen molar-refractivity contribution in [1.29, 1.82) is 0 Å². The highest BCUT2D eigenvalue weighted by atomic mass is 32.1. The number of nitrogens with zero attached hydrogens (tertiary/aromatic N) is 4. The molecule has 4 heterocycles. The zero-order valence-corrected chi connectivity index (χ0v) is 24.2. The number of amides is 2. The molecule has 2 aromatic heterocycles. The fourth-order valence-electron chi connectivity index (χ4n) is 7.05. The third kappa shape index (κ3) is 5.98. The number of thiophene rings is 1. The van der Waals surface area contributed by atoms with Gasteiger partial charge < -0.3 is 15.2 Å². The number of carbonyl (C=O) groups excluding carboxylic acids is 2. The van der Waals surface area contributed by atoms with Crippen molar-refractivity contribution in [3.8, 4) is 0 Å². The second-order valence-corrected chi connectivity index (χ2v) is 13.1. The Balaban J connectivity index is 1.27. The molecule has 0 spiro atoms. The molecular weight excluding hydrogens is 496 g/mol. The number of piperidine rings is 1. The lowest BCUT2D eigenvalue weighted by atomic mass is 9.88. The first-order valence-electron chi connectivity index (χ1n) is 14.6. The van der Waals surface area contributed by atoms with Gasteiger partial charge in [-0.3, -0.25) is 14.5 Å². The van der Waals surface area contributed by atoms with Gasteiger partial charge in [0.1, 0.15) is 11.6 Å². The summed E-state index contributed by atoms with van der Waals surface area (Å²) < 4.78 is 2.41. The van der Waals surface area contributed by atoms with Crippen molar-refractivity contribution >= 4 is 28.2 Å². The van der Waals surface area contributed by atoms with Crippen LogP contribution in [0.4, 0.5) is 5.00 Å². The van der Waals surface area contributed by atoms with E-state index in [1.54, 1.807) is 11.3 Å². The van der Waals surface area contributed by atoms with E-state index in [1.807, 2.05) is 6.07 Å². The van der Waals surface area contributed by atoms with E-state index in [2.05, 4.69) is 57.1 Å². The van der Waals surface area contributed by atoms with Crippen molar-refractivity contribution in [3.05, 3.63) is 28.7 Å². The molecule has 2 amide bonds. The summed E-state index contributed by atoms with van der Waals surface area (Å²) in [6, 6.07) is 5.61. The number of aromatic nitrogens is 3. The molecule has 38 heavy (non-hydrogen) atoms. The molecule has 2 bridgehead atoms. The predicted molar refractivity (Wildman–Crippen MR) is 151 cm³/mol. The summed E-state index contributed by atoms with van der Waals surface area (Å²) in [5, 5.41) is 16.1. The third-order valence-electron chi connectivity index (χ3n) is 8.87. The number of anilines is 1. The van der Waals surface area contributed by atoms with Gasteiger partial charge in [-0.15, -0.1) is 21.5 Å². The first-order chi connectivity index (χ1) is 18.3. The van der Waals surface area contributed by atoms with Crippen LogP contribution in [0.5, 0.6) is 0 Å². The molecule has 208 valence electrons. The first kappa shape index (κ1) is 27.3. The van der Waals surface area contributed by atoms with Crippen LogP contribution >= 0.6 is 11.3 Å². The highest BCUT2D eigenvalue weighted by molar-refractivity contribution is 7.16. The van der Waals surface area contributed by atoms with Crippen LogP contribution in [-0.2, 0) is 9.59 Å². The van der Waals surface area contributed by atoms with Crippen LogP contribution in [-0.4, -0.2) is 50.1 Å². The Morgan fingerprint density at radius 3 is 2.39 bits per heavy atom. The highest BCUT2D eigenvalue weighted by Crippen LogP contribution is 2.43. The van der Waals surface area contributed by atoms with E-state index in [0.717, 1.165) is 73.0 Å². The van der Waals surface area contributed by atoms with Crippen LogP contribution < -0.4 is 10.6 Å². The summed E-state index contributed by atoms with van der Waals surface area (Å²) in [7, 11) is 0. The molecule has 1 aliphatic carbocycles. The van der Waals surface area contributed by atoms with Crippen LogP contribution in [0.3, 0.4) is 0 Å². The number of hydrogen-bond acceptors (Lipinski definition) is 6. The summed E-state index contributed by atoms with van der Waals surface area (Å²) >= 11 is 1.58. The number of carbonyl (C=O) groups is 2. The Hall–Kier alpha value is -2.26. The number of fused-ring (bicyclic) bond motifs is 2. The molecule has 8 nitrogen and oxygen atoms in total. The molecule has 3 atom stereocenters. The number of hydrogen-bond donors (Lipinski definition) is 2. The Morgan fingerprint density at radius 1 is 1.03 bits per heavy atom. The molecule has 2 aromatic rings. The van der Waals surface area contributed by atoms with Gasteiger partial charge in [-0.05, 0) is 64.0 Å². The zero-order valence-electron chi connectivity index (χ0n) is 23.4. The van der Waals surface area contributed by atoms with Gasteiger partial charge in [0.2, 0.25) is 11.8 Å². The van der Waals surface area contributed by atoms with E-state index < -0.39 is 0 Å². The van der Waals surface area contributed by atoms with Crippen molar-refractivity contribution in [3.63, 3.8) is 0 Å². The van der Waals surface area contributed by atoms with E-state index >= 15 is 0 Å². The van der Waals surface area contributed by atoms with Gasteiger partial charge >= 0.3 is 0 Å². The van der Waals surface area contributed by atoms with Crippen molar-refractivity contribution < 1.29 is 9.59 Å². The van der Waals surface area contributed by atoms with Crippen molar-refractivity contribution in [1.82, 2.24) is 25.0 Å². The van der Waals surface area contributed by atoms with Crippen LogP contribution in [0.1, 0.15) is 120 Å². The minimum atomic E-state index is -0.0652. The standard InChI is InChI=1S/C29H44N6O2S/c1-18(2)28-33-32-19(3)35(28)24-16-22-10-11-23(17-24)34(22)15-14-25(26-12-13-27(38-26)30-20(4)36)31-29(37)21-8-6-5-7-9-21/h12-13,18,21-25H,5-11,14-17H2,1-4H3,(H,30,36)(H,31,37)/t22?,23?,24?,25-/m0/s1. The predicted octanol–water partition coefficient (Wildman–Crippen LogP) is 5.73. The van der Waals surface area contributed by atoms with Crippen LogP contribution in [0.25, 0.3) is 0 Å². The molecule has 2 aliphatic heterocycles. The Bertz CT molecular complexity index is 1110. The van der Waals surface area contributed by atoms with Gasteiger partial charge in [-0.2, -0.15) is 0 Å². The smallest absolute Gasteiger partial charge is 0.223 e. The van der Waals surface area contributed by atoms with Crippen LogP contribution in [0.2, 0.25) is 0 Å². The summed E-state index contributed by atoms with van der Waals surface area (Å²) in [5.41, 5.74) is 0. The van der Waals surface area contributed by atoms with Gasteiger partial charge in [0.15, 0.2) is 0 Å². The fraction of sp³-hybridized carbons (Fsp3) is 0.724. The summed E-state index contributed by atoms with van der Waals surface area (Å²) in [5.74, 6) is 2.78. The molecule has 3 fully saturated rings. The number of nitrogens with one attached hydrogen (secondary N) is 2. The SMILES string of the molecule is CC(=O)Nc1ccc([C@H](CCN2C3CCC2CC(n2c(C)nnc2C(C)C)C3)NC(=O)C2CCCCC2)s1. The topological polar surface area (TPSA) is 92.2 Å². The molecule has 5 rings (SSSR count). The largest absolute Gasteiger partial charge is 0.348 e. The van der Waals surface area contributed by atoms with E-state index in [4.69, 9.17) is 0 Å². The molecule has 9 heteroatoms. The molecule has 0 aromatic carbocycles. The fourth-order valence-corrected chi connectivity index (χ4v) is 8.09. The van der Waals surface area contributed by atoms with Gasteiger partial charge in [-0.1, -0.05) is 33.1 Å². The molecule has 1 saturated carbocycles. The maximum absolute atomic E-state index is 13.2. The van der Waals surface area contributed by atoms with Gasteiger partial charge in [0, 0.05) is 48.3 Å². The number of aryl methyl sites for hydroxylation is 1. The highest BCUT2D eigenvalue weighted by Gasteiger charge is 2.42. The maximum Gasteiger partial charge on any atom is 0.223 e. The molecule has 2 N–H and O–H groups in total. The second kappa shape index (κ2) is 11.9. The average molecular weight is 541 g/mol. The molecular formula is C29H44N6O2S. The summed E-state index contributed by atoms with van der Waals surface area (Å²) in [6.45, 7) is 9.00. The third-order valence-corrected chi connectivity index (χ3v) is 9.99. The summed E-state index contributed by atoms with van der Waals surface area (Å²) in [4.78, 5) is 28.7. The minimum Gasteiger partial charge on any atom is -0.348 e. The molecule has 2 unspecified atom stereocenters. The molecule has 2 saturated heterocycles. The quantitative estimate of drug-likeness (QED) is 0.424. The molecule has 3 aliphatic rings. The lowest BCUT2D eigenvalue weighted by molar-refractivity contribution is -0.126. The Kier molecular flexibility index (Phi) is 8.53. The van der Waals surface area contributed by atoms with Crippen LogP contribution in [0, 0.1) is 12.8 Å². The van der Waals surface area contributed by atoms with E-state index in [9.17, 15) is 9.59 Å². The Morgan fingerprint density at radius 2 is 1.74 bits per heavy atom. The monoisotopic (exact) mass is 540 g/mol. The summed E-state index contributed by atoms with van der Waals surface area (Å²) in [6.07, 6.45) is 11.2. The minimum absolute atomic E-state index is 0.0262. The lowest BCUT2D eigenvalue weighted by Gasteiger charge is -2.40. The Labute approximate surface area is 231 Å². The van der Waals surface area contributed by atoms with Crippen LogP contribution in [0.15, 0.2) is 12.1 Å². The zero-order chi connectivity index (χ0) is 26.8. The molecule has 0 radical (unpaired) electrons. The maximum atomic E-state index is 13.2. The number of rotatable bonds is 9. The van der Waals surface area contributed by atoms with E-state index in [1.165, 1.54) is 26.2 Å². The van der Waals surface area contributed by atoms with Crippen molar-refractivity contribution in [2.45, 2.75) is 122 Å². The normalized spacial score (nSPS) is 25.0. The van der Waals surface area contributed by atoms with Gasteiger partial charge in [0.25, 0.3) is 0 Å². The van der Waals surface area contributed by atoms with Crippen molar-refractivity contribution in [2.24, 2.45) is 5.92 Å². The first-order valence-corrected chi connectivity index (χ1v) is 15.5. The van der Waals surface area contributed by atoms with E-state index in [0.29, 0.717) is 24.0 Å².